The lowest BCUT2D eigenvalue weighted by molar-refractivity contribution is 0.0725. The first-order valence-corrected chi connectivity index (χ1v) is 7.20. The highest BCUT2D eigenvalue weighted by molar-refractivity contribution is 5.97. The summed E-state index contributed by atoms with van der Waals surface area (Å²) >= 11 is 0. The van der Waals surface area contributed by atoms with E-state index in [0.29, 0.717) is 33.0 Å². The number of aromatic nitrogens is 1. The zero-order valence-corrected chi connectivity index (χ0v) is 12.8. The van der Waals surface area contributed by atoms with Gasteiger partial charge in [-0.15, -0.1) is 0 Å². The lowest BCUT2D eigenvalue weighted by Crippen LogP contribution is -2.35. The summed E-state index contributed by atoms with van der Waals surface area (Å²) in [6.45, 7) is 8.54. The summed E-state index contributed by atoms with van der Waals surface area (Å²) in [6.07, 6.45) is 3.74. The zero-order valence-electron chi connectivity index (χ0n) is 12.8. The van der Waals surface area contributed by atoms with Crippen LogP contribution in [0.2, 0.25) is 0 Å². The van der Waals surface area contributed by atoms with Crippen molar-refractivity contribution in [1.82, 2.24) is 9.47 Å². The first-order valence-electron chi connectivity index (χ1n) is 7.20. The average Bonchev–Trinajstić information content (AvgIpc) is 2.86. The number of carbonyl (C=O) groups excluding carboxylic acids is 1. The van der Waals surface area contributed by atoms with Gasteiger partial charge in [0.05, 0.1) is 19.8 Å². The molecule has 0 bridgehead atoms. The Balaban J connectivity index is 2.46. The van der Waals surface area contributed by atoms with Gasteiger partial charge in [0.1, 0.15) is 0 Å². The number of hydrogen-bond acceptors (Lipinski definition) is 4. The van der Waals surface area contributed by atoms with Crippen molar-refractivity contribution in [3.8, 4) is 0 Å². The monoisotopic (exact) mass is 282 g/mol. The second kappa shape index (κ2) is 9.69. The van der Waals surface area contributed by atoms with Gasteiger partial charge in [-0.2, -0.15) is 0 Å². The fourth-order valence-corrected chi connectivity index (χ4v) is 1.91. The highest BCUT2D eigenvalue weighted by Gasteiger charge is 2.13. The summed E-state index contributed by atoms with van der Waals surface area (Å²) in [5.41, 5.74) is 0.755. The van der Waals surface area contributed by atoms with E-state index in [1.165, 1.54) is 0 Å². The Labute approximate surface area is 121 Å². The van der Waals surface area contributed by atoms with Gasteiger partial charge in [0, 0.05) is 51.3 Å². The van der Waals surface area contributed by atoms with Crippen molar-refractivity contribution in [2.75, 3.05) is 46.1 Å². The first-order chi connectivity index (χ1) is 9.67. The Bertz CT molecular complexity index is 380. The van der Waals surface area contributed by atoms with Crippen LogP contribution in [0.5, 0.6) is 0 Å². The summed E-state index contributed by atoms with van der Waals surface area (Å²) in [7, 11) is 1.92. The van der Waals surface area contributed by atoms with Crippen LogP contribution in [0.3, 0.4) is 0 Å². The minimum Gasteiger partial charge on any atom is -0.380 e. The maximum atomic E-state index is 12.2. The molecule has 1 heterocycles. The summed E-state index contributed by atoms with van der Waals surface area (Å²) in [5, 5.41) is 0. The van der Waals surface area contributed by atoms with Gasteiger partial charge in [-0.1, -0.05) is 0 Å². The normalized spacial score (nSPS) is 11.2. The molecule has 0 radical (unpaired) electrons. The molecule has 0 aliphatic rings. The van der Waals surface area contributed by atoms with Crippen LogP contribution in [0.25, 0.3) is 0 Å². The highest BCUT2D eigenvalue weighted by atomic mass is 16.5. The molecule has 0 aliphatic heterocycles. The van der Waals surface area contributed by atoms with Crippen LogP contribution in [0.4, 0.5) is 0 Å². The minimum absolute atomic E-state index is 0.138. The Morgan fingerprint density at radius 2 is 1.80 bits per heavy atom. The molecule has 5 nitrogen and oxygen atoms in total. The van der Waals surface area contributed by atoms with Gasteiger partial charge in [0.25, 0.3) is 0 Å². The molecule has 5 heteroatoms. The number of carbonyl (C=O) groups is 1. The zero-order chi connectivity index (χ0) is 14.8. The maximum Gasteiger partial charge on any atom is 0.178 e. The van der Waals surface area contributed by atoms with Gasteiger partial charge in [0.15, 0.2) is 5.78 Å². The van der Waals surface area contributed by atoms with Crippen LogP contribution in [0.15, 0.2) is 18.5 Å². The largest absolute Gasteiger partial charge is 0.380 e. The number of nitrogens with zero attached hydrogens (tertiary/aromatic N) is 2. The van der Waals surface area contributed by atoms with E-state index in [9.17, 15) is 4.79 Å². The van der Waals surface area contributed by atoms with Gasteiger partial charge in [-0.05, 0) is 19.9 Å². The van der Waals surface area contributed by atoms with E-state index in [-0.39, 0.29) is 5.78 Å². The molecule has 1 rings (SSSR count). The molecule has 1 aromatic rings. The molecule has 0 saturated heterocycles. The highest BCUT2D eigenvalue weighted by Crippen LogP contribution is 2.03. The summed E-state index contributed by atoms with van der Waals surface area (Å²) in [4.78, 5) is 14.3. The molecule has 1 aromatic heterocycles. The molecule has 0 N–H and O–H groups in total. The van der Waals surface area contributed by atoms with Crippen LogP contribution in [0, 0.1) is 0 Å². The number of ketones is 1. The number of hydrogen-bond donors (Lipinski definition) is 0. The molecule has 20 heavy (non-hydrogen) atoms. The van der Waals surface area contributed by atoms with E-state index < -0.39 is 0 Å². The smallest absolute Gasteiger partial charge is 0.178 e. The van der Waals surface area contributed by atoms with E-state index in [2.05, 4.69) is 4.90 Å². The van der Waals surface area contributed by atoms with Gasteiger partial charge >= 0.3 is 0 Å². The van der Waals surface area contributed by atoms with E-state index in [1.54, 1.807) is 0 Å². The third kappa shape index (κ3) is 6.32. The van der Waals surface area contributed by atoms with Crippen LogP contribution >= 0.6 is 0 Å². The van der Waals surface area contributed by atoms with Crippen LogP contribution in [-0.4, -0.2) is 61.3 Å². The standard InChI is InChI=1S/C15H26N2O3/c1-4-19-10-8-17(9-11-20-5-2)13-15(18)14-6-7-16(3)12-14/h6-7,12H,4-5,8-11,13H2,1-3H3. The van der Waals surface area contributed by atoms with E-state index in [0.717, 1.165) is 18.7 Å². The maximum absolute atomic E-state index is 12.2. The third-order valence-corrected chi connectivity index (χ3v) is 3.03. The Morgan fingerprint density at radius 1 is 1.20 bits per heavy atom. The van der Waals surface area contributed by atoms with E-state index in [1.807, 2.05) is 43.9 Å². The molecular formula is C15H26N2O3. The number of Topliss-reactive ketones (excluding diaryl/α,β-unsaturated/α-hetero) is 1. The lowest BCUT2D eigenvalue weighted by atomic mass is 10.2. The molecule has 0 amide bonds. The summed E-state index contributed by atoms with van der Waals surface area (Å²) in [5.74, 6) is 0.138. The fourth-order valence-electron chi connectivity index (χ4n) is 1.91. The molecule has 0 atom stereocenters. The second-order valence-electron chi connectivity index (χ2n) is 4.66. The van der Waals surface area contributed by atoms with Crippen molar-refractivity contribution < 1.29 is 14.3 Å². The Morgan fingerprint density at radius 3 is 2.25 bits per heavy atom. The molecule has 0 spiro atoms. The minimum atomic E-state index is 0.138. The molecule has 0 aromatic carbocycles. The molecule has 0 aliphatic carbocycles. The SMILES string of the molecule is CCOCCN(CCOCC)CC(=O)c1ccn(C)c1. The van der Waals surface area contributed by atoms with Gasteiger partial charge in [-0.3, -0.25) is 9.69 Å². The number of ether oxygens (including phenoxy) is 2. The predicted molar refractivity (Wildman–Crippen MR) is 79.2 cm³/mol. The van der Waals surface area contributed by atoms with Crippen LogP contribution < -0.4 is 0 Å². The van der Waals surface area contributed by atoms with E-state index in [4.69, 9.17) is 9.47 Å². The molecule has 0 unspecified atom stereocenters. The molecule has 114 valence electrons. The van der Waals surface area contributed by atoms with Crippen LogP contribution in [0.1, 0.15) is 24.2 Å². The van der Waals surface area contributed by atoms with Crippen molar-refractivity contribution in [1.29, 1.82) is 0 Å². The average molecular weight is 282 g/mol. The van der Waals surface area contributed by atoms with E-state index >= 15 is 0 Å². The Kier molecular flexibility index (Phi) is 8.18. The first kappa shape index (κ1) is 16.9. The number of rotatable bonds is 11. The number of aryl methyl sites for hydroxylation is 1. The predicted octanol–water partition coefficient (Wildman–Crippen LogP) is 1.58. The Hall–Kier alpha value is -1.17. The van der Waals surface area contributed by atoms with Crippen molar-refractivity contribution in [2.24, 2.45) is 7.05 Å². The van der Waals surface area contributed by atoms with Crippen molar-refractivity contribution >= 4 is 5.78 Å². The summed E-state index contributed by atoms with van der Waals surface area (Å²) in [6, 6.07) is 1.85. The molecular weight excluding hydrogens is 256 g/mol. The van der Waals surface area contributed by atoms with Crippen molar-refractivity contribution in [3.05, 3.63) is 24.0 Å². The summed E-state index contributed by atoms with van der Waals surface area (Å²) < 4.78 is 12.6. The topological polar surface area (TPSA) is 43.7 Å². The lowest BCUT2D eigenvalue weighted by Gasteiger charge is -2.21. The third-order valence-electron chi connectivity index (χ3n) is 3.03. The van der Waals surface area contributed by atoms with Gasteiger partial charge in [-0.25, -0.2) is 0 Å². The van der Waals surface area contributed by atoms with Gasteiger partial charge < -0.3 is 14.0 Å². The van der Waals surface area contributed by atoms with Gasteiger partial charge in [0.2, 0.25) is 0 Å². The van der Waals surface area contributed by atoms with Crippen molar-refractivity contribution in [2.45, 2.75) is 13.8 Å². The van der Waals surface area contributed by atoms with Crippen LogP contribution in [-0.2, 0) is 16.5 Å². The molecule has 0 fully saturated rings. The van der Waals surface area contributed by atoms with Crippen molar-refractivity contribution in [3.63, 3.8) is 0 Å². The molecule has 0 saturated carbocycles. The second-order valence-corrected chi connectivity index (χ2v) is 4.66. The quantitative estimate of drug-likeness (QED) is 0.456. The fraction of sp³-hybridized carbons (Fsp3) is 0.667.